The molecular weight excluding hydrogens is 212 g/mol. The van der Waals surface area contributed by atoms with Gasteiger partial charge in [0, 0.05) is 5.25 Å². The summed E-state index contributed by atoms with van der Waals surface area (Å²) < 4.78 is 0. The summed E-state index contributed by atoms with van der Waals surface area (Å²) in [5.74, 6) is 0.496. The summed E-state index contributed by atoms with van der Waals surface area (Å²) in [6.45, 7) is 6.62. The van der Waals surface area contributed by atoms with E-state index < -0.39 is 5.54 Å². The third-order valence-corrected chi connectivity index (χ3v) is 3.53. The molecule has 15 heavy (non-hydrogen) atoms. The lowest BCUT2D eigenvalue weighted by atomic mass is 9.98. The maximum atomic E-state index is 11.3. The van der Waals surface area contributed by atoms with E-state index in [0.717, 1.165) is 12.3 Å². The van der Waals surface area contributed by atoms with Gasteiger partial charge >= 0.3 is 0 Å². The lowest BCUT2D eigenvalue weighted by Crippen LogP contribution is -2.53. The van der Waals surface area contributed by atoms with E-state index in [-0.39, 0.29) is 17.8 Å². The molecule has 0 aromatic heterocycles. The summed E-state index contributed by atoms with van der Waals surface area (Å²) in [4.78, 5) is 11.3. The van der Waals surface area contributed by atoms with Crippen molar-refractivity contribution in [3.05, 3.63) is 0 Å². The molecule has 0 aliphatic heterocycles. The lowest BCUT2D eigenvalue weighted by Gasteiger charge is -2.27. The smallest absolute Gasteiger partial charge is 0.237 e. The van der Waals surface area contributed by atoms with Gasteiger partial charge in [-0.05, 0) is 25.6 Å². The Morgan fingerprint density at radius 3 is 2.67 bits per heavy atom. The molecule has 2 unspecified atom stereocenters. The highest BCUT2D eigenvalue weighted by Crippen LogP contribution is 2.17. The molecule has 4 N–H and O–H groups in total. The van der Waals surface area contributed by atoms with Crippen LogP contribution < -0.4 is 11.1 Å². The summed E-state index contributed by atoms with van der Waals surface area (Å²) >= 11 is 1.65. The van der Waals surface area contributed by atoms with Crippen molar-refractivity contribution in [3.63, 3.8) is 0 Å². The van der Waals surface area contributed by atoms with E-state index in [2.05, 4.69) is 5.32 Å². The maximum absolute atomic E-state index is 11.3. The molecule has 0 aromatic rings. The molecule has 90 valence electrons. The third-order valence-electron chi connectivity index (χ3n) is 2.37. The van der Waals surface area contributed by atoms with Crippen molar-refractivity contribution in [1.29, 1.82) is 0 Å². The van der Waals surface area contributed by atoms with E-state index in [1.165, 1.54) is 0 Å². The van der Waals surface area contributed by atoms with Crippen LogP contribution in [-0.2, 0) is 4.79 Å². The van der Waals surface area contributed by atoms with Gasteiger partial charge in [0.25, 0.3) is 0 Å². The highest BCUT2D eigenvalue weighted by Gasteiger charge is 2.29. The second-order valence-corrected chi connectivity index (χ2v) is 5.39. The van der Waals surface area contributed by atoms with Gasteiger partial charge in [0.1, 0.15) is 0 Å². The van der Waals surface area contributed by atoms with Crippen molar-refractivity contribution in [2.24, 2.45) is 5.73 Å². The first-order valence-corrected chi connectivity index (χ1v) is 6.28. The zero-order chi connectivity index (χ0) is 11.9. The van der Waals surface area contributed by atoms with Gasteiger partial charge in [0.05, 0.1) is 12.1 Å². The molecule has 5 heteroatoms. The van der Waals surface area contributed by atoms with Crippen LogP contribution in [0.5, 0.6) is 0 Å². The van der Waals surface area contributed by atoms with Gasteiger partial charge in [-0.1, -0.05) is 13.8 Å². The molecule has 1 amide bonds. The summed E-state index contributed by atoms with van der Waals surface area (Å²) in [5.41, 5.74) is 4.72. The highest BCUT2D eigenvalue weighted by molar-refractivity contribution is 7.99. The number of hydrogen-bond acceptors (Lipinski definition) is 4. The molecule has 0 aliphatic carbocycles. The van der Waals surface area contributed by atoms with Crippen LogP contribution in [0.1, 0.15) is 27.2 Å². The van der Waals surface area contributed by atoms with Gasteiger partial charge < -0.3 is 16.2 Å². The molecule has 0 bridgehead atoms. The minimum absolute atomic E-state index is 0.166. The zero-order valence-electron chi connectivity index (χ0n) is 9.75. The number of primary amides is 1. The molecule has 0 spiro atoms. The average molecular weight is 234 g/mol. The summed E-state index contributed by atoms with van der Waals surface area (Å²) in [6, 6.07) is 0. The molecule has 0 rings (SSSR count). The minimum Gasteiger partial charge on any atom is -0.395 e. The minimum atomic E-state index is -0.628. The number of likely N-dealkylation sites (N-methyl/N-ethyl adjacent to an activating group) is 1. The summed E-state index contributed by atoms with van der Waals surface area (Å²) in [7, 11) is 0. The van der Waals surface area contributed by atoms with Crippen molar-refractivity contribution in [3.8, 4) is 0 Å². The van der Waals surface area contributed by atoms with Crippen LogP contribution in [0.15, 0.2) is 0 Å². The molecule has 0 radical (unpaired) electrons. The van der Waals surface area contributed by atoms with Crippen molar-refractivity contribution in [2.45, 2.75) is 38.0 Å². The Balaban J connectivity index is 4.02. The van der Waals surface area contributed by atoms with Crippen LogP contribution in [0, 0.1) is 0 Å². The van der Waals surface area contributed by atoms with Crippen molar-refractivity contribution in [1.82, 2.24) is 5.32 Å². The quantitative estimate of drug-likeness (QED) is 0.566. The predicted molar refractivity (Wildman–Crippen MR) is 64.9 cm³/mol. The van der Waals surface area contributed by atoms with Crippen LogP contribution in [0.3, 0.4) is 0 Å². The Kier molecular flexibility index (Phi) is 6.96. The van der Waals surface area contributed by atoms with E-state index in [1.807, 2.05) is 20.8 Å². The normalized spacial score (nSPS) is 17.1. The van der Waals surface area contributed by atoms with Crippen LogP contribution in [0.2, 0.25) is 0 Å². The molecule has 0 saturated carbocycles. The van der Waals surface area contributed by atoms with Gasteiger partial charge in [-0.3, -0.25) is 4.79 Å². The predicted octanol–water partition coefficient (Wildman–Crippen LogP) is 0.344. The SMILES string of the molecule is CCNC(C)(CCSC(C)CO)C(N)=O. The molecular formula is C10H22N2O2S. The number of thioether (sulfide) groups is 1. The highest BCUT2D eigenvalue weighted by atomic mass is 32.2. The summed E-state index contributed by atoms with van der Waals surface area (Å²) in [5, 5.41) is 12.2. The number of nitrogens with two attached hydrogens (primary N) is 1. The molecule has 0 aliphatic rings. The number of nitrogens with one attached hydrogen (secondary N) is 1. The fraction of sp³-hybridized carbons (Fsp3) is 0.900. The van der Waals surface area contributed by atoms with Crippen LogP contribution in [-0.4, -0.2) is 40.7 Å². The number of carbonyl (C=O) groups is 1. The van der Waals surface area contributed by atoms with Crippen LogP contribution in [0.4, 0.5) is 0 Å². The van der Waals surface area contributed by atoms with E-state index in [4.69, 9.17) is 10.8 Å². The third kappa shape index (κ3) is 5.39. The van der Waals surface area contributed by atoms with E-state index >= 15 is 0 Å². The lowest BCUT2D eigenvalue weighted by molar-refractivity contribution is -0.123. The van der Waals surface area contributed by atoms with Crippen molar-refractivity contribution >= 4 is 17.7 Å². The van der Waals surface area contributed by atoms with E-state index in [1.54, 1.807) is 11.8 Å². The van der Waals surface area contributed by atoms with Crippen molar-refractivity contribution < 1.29 is 9.90 Å². The van der Waals surface area contributed by atoms with E-state index in [0.29, 0.717) is 6.42 Å². The Labute approximate surface area is 96.0 Å². The second-order valence-electron chi connectivity index (χ2n) is 3.84. The maximum Gasteiger partial charge on any atom is 0.237 e. The van der Waals surface area contributed by atoms with Crippen LogP contribution in [0.25, 0.3) is 0 Å². The number of aliphatic hydroxyl groups excluding tert-OH is 1. The fourth-order valence-corrected chi connectivity index (χ4v) is 2.24. The first kappa shape index (κ1) is 14.7. The largest absolute Gasteiger partial charge is 0.395 e. The van der Waals surface area contributed by atoms with Gasteiger partial charge in [-0.25, -0.2) is 0 Å². The molecule has 0 heterocycles. The molecule has 0 fully saturated rings. The number of hydrogen-bond donors (Lipinski definition) is 3. The Morgan fingerprint density at radius 1 is 1.67 bits per heavy atom. The van der Waals surface area contributed by atoms with Gasteiger partial charge in [0.2, 0.25) is 5.91 Å². The van der Waals surface area contributed by atoms with Gasteiger partial charge in [0.15, 0.2) is 0 Å². The van der Waals surface area contributed by atoms with Gasteiger partial charge in [-0.2, -0.15) is 11.8 Å². The Morgan fingerprint density at radius 2 is 2.27 bits per heavy atom. The number of rotatable bonds is 8. The van der Waals surface area contributed by atoms with Crippen molar-refractivity contribution in [2.75, 3.05) is 18.9 Å². The average Bonchev–Trinajstić information content (AvgIpc) is 2.17. The van der Waals surface area contributed by atoms with Gasteiger partial charge in [-0.15, -0.1) is 0 Å². The topological polar surface area (TPSA) is 75.3 Å². The number of amides is 1. The second kappa shape index (κ2) is 7.09. The first-order chi connectivity index (χ1) is 6.96. The summed E-state index contributed by atoms with van der Waals surface area (Å²) in [6.07, 6.45) is 0.686. The number of carbonyl (C=O) groups excluding carboxylic acids is 1. The molecule has 2 atom stereocenters. The number of aliphatic hydroxyl groups is 1. The molecule has 0 saturated heterocycles. The van der Waals surface area contributed by atoms with Crippen LogP contribution >= 0.6 is 11.8 Å². The Hall–Kier alpha value is -0.260. The molecule has 0 aromatic carbocycles. The first-order valence-electron chi connectivity index (χ1n) is 5.23. The standard InChI is InChI=1S/C10H22N2O2S/c1-4-12-10(3,9(11)14)5-6-15-8(2)7-13/h8,12-13H,4-7H2,1-3H3,(H2,11,14). The monoisotopic (exact) mass is 234 g/mol. The zero-order valence-corrected chi connectivity index (χ0v) is 10.6. The Bertz CT molecular complexity index is 202. The fourth-order valence-electron chi connectivity index (χ4n) is 1.21. The molecule has 4 nitrogen and oxygen atoms in total. The van der Waals surface area contributed by atoms with E-state index in [9.17, 15) is 4.79 Å².